The lowest BCUT2D eigenvalue weighted by atomic mass is 10.0. The van der Waals surface area contributed by atoms with Gasteiger partial charge in [0, 0.05) is 12.0 Å². The van der Waals surface area contributed by atoms with Gasteiger partial charge >= 0.3 is 0 Å². The Hall–Kier alpha value is -0.570. The van der Waals surface area contributed by atoms with Crippen molar-refractivity contribution in [2.45, 2.75) is 52.2 Å². The number of amides is 1. The van der Waals surface area contributed by atoms with Crippen molar-refractivity contribution in [1.29, 1.82) is 0 Å². The molecule has 3 heteroatoms. The third-order valence-corrected chi connectivity index (χ3v) is 2.83. The van der Waals surface area contributed by atoms with Gasteiger partial charge in [-0.1, -0.05) is 6.92 Å². The predicted octanol–water partition coefficient (Wildman–Crippen LogP) is 1.31. The Morgan fingerprint density at radius 1 is 1.43 bits per heavy atom. The molecule has 1 saturated carbocycles. The Labute approximate surface area is 85.9 Å². The van der Waals surface area contributed by atoms with Crippen molar-refractivity contribution in [2.75, 3.05) is 0 Å². The van der Waals surface area contributed by atoms with Gasteiger partial charge in [-0.3, -0.25) is 4.79 Å². The summed E-state index contributed by atoms with van der Waals surface area (Å²) in [4.78, 5) is 11.6. The summed E-state index contributed by atoms with van der Waals surface area (Å²) in [6.07, 6.45) is 2.67. The number of rotatable bonds is 5. The van der Waals surface area contributed by atoms with E-state index in [0.29, 0.717) is 12.3 Å². The minimum atomic E-state index is -0.346. The minimum Gasteiger partial charge on any atom is -0.393 e. The van der Waals surface area contributed by atoms with E-state index in [1.165, 1.54) is 12.8 Å². The SMILES string of the molecule is CC(O)CC(C)NC(=O)C(C)C1CC1. The first-order valence-corrected chi connectivity index (χ1v) is 5.49. The van der Waals surface area contributed by atoms with Gasteiger partial charge in [-0.2, -0.15) is 0 Å². The van der Waals surface area contributed by atoms with Gasteiger partial charge in [0.2, 0.25) is 5.91 Å². The number of hydrogen-bond acceptors (Lipinski definition) is 2. The fourth-order valence-corrected chi connectivity index (χ4v) is 1.76. The third kappa shape index (κ3) is 3.66. The van der Waals surface area contributed by atoms with Gasteiger partial charge < -0.3 is 10.4 Å². The second-order valence-electron chi connectivity index (χ2n) is 4.62. The van der Waals surface area contributed by atoms with E-state index in [-0.39, 0.29) is 24.0 Å². The third-order valence-electron chi connectivity index (χ3n) is 2.83. The highest BCUT2D eigenvalue weighted by Gasteiger charge is 2.32. The summed E-state index contributed by atoms with van der Waals surface area (Å²) < 4.78 is 0. The first kappa shape index (κ1) is 11.5. The summed E-state index contributed by atoms with van der Waals surface area (Å²) in [5.74, 6) is 0.890. The summed E-state index contributed by atoms with van der Waals surface area (Å²) in [6.45, 7) is 5.67. The summed E-state index contributed by atoms with van der Waals surface area (Å²) in [5.41, 5.74) is 0. The summed E-state index contributed by atoms with van der Waals surface area (Å²) in [5, 5.41) is 12.1. The molecule has 1 aliphatic carbocycles. The zero-order valence-corrected chi connectivity index (χ0v) is 9.29. The lowest BCUT2D eigenvalue weighted by molar-refractivity contribution is -0.125. The Kier molecular flexibility index (Phi) is 3.93. The number of hydrogen-bond donors (Lipinski definition) is 2. The largest absolute Gasteiger partial charge is 0.393 e. The van der Waals surface area contributed by atoms with Gasteiger partial charge in [0.15, 0.2) is 0 Å². The number of aliphatic hydroxyl groups is 1. The topological polar surface area (TPSA) is 49.3 Å². The molecule has 0 radical (unpaired) electrons. The Morgan fingerprint density at radius 2 is 2.00 bits per heavy atom. The first-order valence-electron chi connectivity index (χ1n) is 5.49. The normalized spacial score (nSPS) is 22.6. The smallest absolute Gasteiger partial charge is 0.223 e. The maximum atomic E-state index is 11.6. The van der Waals surface area contributed by atoms with Gasteiger partial charge in [0.1, 0.15) is 0 Å². The van der Waals surface area contributed by atoms with E-state index in [0.717, 1.165) is 0 Å². The molecule has 3 nitrogen and oxygen atoms in total. The van der Waals surface area contributed by atoms with E-state index in [2.05, 4.69) is 5.32 Å². The molecule has 1 rings (SSSR count). The molecule has 0 heterocycles. The molecule has 0 aliphatic heterocycles. The second-order valence-corrected chi connectivity index (χ2v) is 4.62. The van der Waals surface area contributed by atoms with Crippen LogP contribution in [-0.4, -0.2) is 23.2 Å². The molecule has 1 aliphatic rings. The lowest BCUT2D eigenvalue weighted by Gasteiger charge is -2.18. The number of carbonyl (C=O) groups is 1. The molecule has 0 aromatic rings. The standard InChI is InChI=1S/C11H21NO2/c1-7(6-8(2)13)12-11(14)9(3)10-4-5-10/h7-10,13H,4-6H2,1-3H3,(H,12,14). The highest BCUT2D eigenvalue weighted by atomic mass is 16.3. The zero-order valence-electron chi connectivity index (χ0n) is 9.29. The Bertz CT molecular complexity index is 199. The van der Waals surface area contributed by atoms with Crippen molar-refractivity contribution in [3.63, 3.8) is 0 Å². The second kappa shape index (κ2) is 4.78. The first-order chi connectivity index (χ1) is 6.50. The van der Waals surface area contributed by atoms with E-state index in [1.54, 1.807) is 6.92 Å². The van der Waals surface area contributed by atoms with Crippen molar-refractivity contribution in [3.05, 3.63) is 0 Å². The van der Waals surface area contributed by atoms with E-state index >= 15 is 0 Å². The molecule has 0 bridgehead atoms. The number of nitrogens with one attached hydrogen (secondary N) is 1. The molecule has 0 aromatic carbocycles. The molecule has 3 atom stereocenters. The van der Waals surface area contributed by atoms with Crippen LogP contribution in [0.15, 0.2) is 0 Å². The Morgan fingerprint density at radius 3 is 2.43 bits per heavy atom. The monoisotopic (exact) mass is 199 g/mol. The molecule has 1 fully saturated rings. The highest BCUT2D eigenvalue weighted by Crippen LogP contribution is 2.36. The predicted molar refractivity (Wildman–Crippen MR) is 55.8 cm³/mol. The van der Waals surface area contributed by atoms with Crippen LogP contribution < -0.4 is 5.32 Å². The number of carbonyl (C=O) groups excluding carboxylic acids is 1. The maximum Gasteiger partial charge on any atom is 0.223 e. The van der Waals surface area contributed by atoms with Crippen molar-refractivity contribution < 1.29 is 9.90 Å². The van der Waals surface area contributed by atoms with Crippen molar-refractivity contribution >= 4 is 5.91 Å². The van der Waals surface area contributed by atoms with Crippen LogP contribution >= 0.6 is 0 Å². The van der Waals surface area contributed by atoms with Crippen LogP contribution in [0.4, 0.5) is 0 Å². The van der Waals surface area contributed by atoms with Gasteiger partial charge in [-0.15, -0.1) is 0 Å². The summed E-state index contributed by atoms with van der Waals surface area (Å²) in [7, 11) is 0. The molecule has 3 unspecified atom stereocenters. The van der Waals surface area contributed by atoms with Crippen LogP contribution in [0.3, 0.4) is 0 Å². The fourth-order valence-electron chi connectivity index (χ4n) is 1.76. The van der Waals surface area contributed by atoms with Crippen LogP contribution in [-0.2, 0) is 4.79 Å². The highest BCUT2D eigenvalue weighted by molar-refractivity contribution is 5.79. The average molecular weight is 199 g/mol. The van der Waals surface area contributed by atoms with Crippen molar-refractivity contribution in [1.82, 2.24) is 5.32 Å². The summed E-state index contributed by atoms with van der Waals surface area (Å²) in [6, 6.07) is 0.0729. The van der Waals surface area contributed by atoms with Gasteiger partial charge in [-0.05, 0) is 39.0 Å². The molecular weight excluding hydrogens is 178 g/mol. The molecule has 0 spiro atoms. The molecule has 2 N–H and O–H groups in total. The van der Waals surface area contributed by atoms with Gasteiger partial charge in [0.25, 0.3) is 0 Å². The van der Waals surface area contributed by atoms with E-state index in [4.69, 9.17) is 5.11 Å². The quantitative estimate of drug-likeness (QED) is 0.701. The fraction of sp³-hybridized carbons (Fsp3) is 0.909. The van der Waals surface area contributed by atoms with Gasteiger partial charge in [0.05, 0.1) is 6.10 Å². The molecule has 1 amide bonds. The minimum absolute atomic E-state index is 0.0729. The van der Waals surface area contributed by atoms with Crippen LogP contribution in [0.25, 0.3) is 0 Å². The zero-order chi connectivity index (χ0) is 10.7. The molecule has 14 heavy (non-hydrogen) atoms. The molecule has 0 aromatic heterocycles. The van der Waals surface area contributed by atoms with E-state index in [1.807, 2.05) is 13.8 Å². The van der Waals surface area contributed by atoms with Gasteiger partial charge in [-0.25, -0.2) is 0 Å². The van der Waals surface area contributed by atoms with Crippen LogP contribution in [0.1, 0.15) is 40.0 Å². The van der Waals surface area contributed by atoms with E-state index in [9.17, 15) is 4.79 Å². The van der Waals surface area contributed by atoms with Crippen molar-refractivity contribution in [2.24, 2.45) is 11.8 Å². The van der Waals surface area contributed by atoms with Crippen LogP contribution in [0, 0.1) is 11.8 Å². The summed E-state index contributed by atoms with van der Waals surface area (Å²) >= 11 is 0. The average Bonchev–Trinajstić information content (AvgIpc) is 2.83. The van der Waals surface area contributed by atoms with Crippen LogP contribution in [0.5, 0.6) is 0 Å². The molecular formula is C11H21NO2. The molecule has 82 valence electrons. The van der Waals surface area contributed by atoms with Crippen molar-refractivity contribution in [3.8, 4) is 0 Å². The van der Waals surface area contributed by atoms with Crippen LogP contribution in [0.2, 0.25) is 0 Å². The maximum absolute atomic E-state index is 11.6. The Balaban J connectivity index is 2.24. The number of aliphatic hydroxyl groups excluding tert-OH is 1. The molecule has 0 saturated heterocycles. The van der Waals surface area contributed by atoms with E-state index < -0.39 is 0 Å². The lowest BCUT2D eigenvalue weighted by Crippen LogP contribution is -2.38.